The fourth-order valence-electron chi connectivity index (χ4n) is 1.87. The number of hydrogen-bond donors (Lipinski definition) is 0. The van der Waals surface area contributed by atoms with Crippen molar-refractivity contribution in [2.24, 2.45) is 0 Å². The summed E-state index contributed by atoms with van der Waals surface area (Å²) in [6.45, 7) is 0. The molecule has 0 amide bonds. The molecule has 3 aromatic rings. The number of aldehydes is 1. The van der Waals surface area contributed by atoms with Crippen LogP contribution in [0.1, 0.15) is 10.4 Å². The molecule has 1 aromatic carbocycles. The van der Waals surface area contributed by atoms with Crippen LogP contribution in [0.3, 0.4) is 0 Å². The molecule has 0 aliphatic carbocycles. The molecule has 0 aliphatic heterocycles. The maximum absolute atomic E-state index is 11.1. The third-order valence-corrected chi connectivity index (χ3v) is 3.19. The first-order valence-electron chi connectivity index (χ1n) is 5.14. The highest BCUT2D eigenvalue weighted by molar-refractivity contribution is 7.03. The summed E-state index contributed by atoms with van der Waals surface area (Å²) in [5.41, 5.74) is 3.15. The van der Waals surface area contributed by atoms with E-state index in [0.29, 0.717) is 5.56 Å². The molecule has 82 valence electrons. The normalized spacial score (nSPS) is 10.6. The predicted molar refractivity (Wildman–Crippen MR) is 68.2 cm³/mol. The van der Waals surface area contributed by atoms with Gasteiger partial charge in [0.2, 0.25) is 0 Å². The molecule has 2 heterocycles. The van der Waals surface area contributed by atoms with E-state index in [-0.39, 0.29) is 0 Å². The number of fused-ring (bicyclic) bond motifs is 1. The van der Waals surface area contributed by atoms with Crippen molar-refractivity contribution in [3.63, 3.8) is 0 Å². The molecule has 0 unspecified atom stereocenters. The first kappa shape index (κ1) is 10.1. The first-order chi connectivity index (χ1) is 8.40. The van der Waals surface area contributed by atoms with E-state index in [1.165, 1.54) is 11.5 Å². The highest BCUT2D eigenvalue weighted by Gasteiger charge is 2.11. The van der Waals surface area contributed by atoms with Crippen LogP contribution in [0.2, 0.25) is 0 Å². The molecule has 3 rings (SSSR count). The van der Waals surface area contributed by atoms with Gasteiger partial charge in [-0.25, -0.2) is 0 Å². The molecule has 17 heavy (non-hydrogen) atoms. The van der Waals surface area contributed by atoms with E-state index in [1.54, 1.807) is 6.20 Å². The molecule has 0 atom stereocenters. The highest BCUT2D eigenvalue weighted by Crippen LogP contribution is 2.29. The Bertz CT molecular complexity index is 677. The van der Waals surface area contributed by atoms with Crippen LogP contribution >= 0.6 is 11.5 Å². The van der Waals surface area contributed by atoms with Gasteiger partial charge in [-0.2, -0.15) is 4.37 Å². The second kappa shape index (κ2) is 4.07. The lowest BCUT2D eigenvalue weighted by atomic mass is 10.0. The van der Waals surface area contributed by atoms with E-state index in [0.717, 1.165) is 28.4 Å². The van der Waals surface area contributed by atoms with Gasteiger partial charge in [-0.3, -0.25) is 9.78 Å². The maximum Gasteiger partial charge on any atom is 0.152 e. The van der Waals surface area contributed by atoms with Crippen molar-refractivity contribution in [1.82, 2.24) is 9.36 Å². The predicted octanol–water partition coefficient (Wildman–Crippen LogP) is 3.17. The number of carbonyl (C=O) groups is 1. The number of pyridine rings is 1. The molecule has 0 bridgehead atoms. The van der Waals surface area contributed by atoms with Crippen molar-refractivity contribution in [2.75, 3.05) is 0 Å². The minimum Gasteiger partial charge on any atom is -0.298 e. The zero-order valence-electron chi connectivity index (χ0n) is 8.83. The molecule has 3 nitrogen and oxygen atoms in total. The SMILES string of the molecule is O=Cc1cnc2ccccc2c1-c1ccsn1. The standard InChI is InChI=1S/C13H8N2OS/c16-8-9-7-14-11-4-2-1-3-10(11)13(9)12-5-6-17-15-12/h1-8H. The van der Waals surface area contributed by atoms with Crippen LogP contribution in [0.25, 0.3) is 22.2 Å². The molecule has 0 aliphatic rings. The minimum atomic E-state index is 0.578. The van der Waals surface area contributed by atoms with Gasteiger partial charge >= 0.3 is 0 Å². The van der Waals surface area contributed by atoms with Crippen LogP contribution in [0.4, 0.5) is 0 Å². The van der Waals surface area contributed by atoms with Crippen LogP contribution in [0, 0.1) is 0 Å². The molecular weight excluding hydrogens is 232 g/mol. The summed E-state index contributed by atoms with van der Waals surface area (Å²) < 4.78 is 4.30. The number of rotatable bonds is 2. The molecule has 4 heteroatoms. The monoisotopic (exact) mass is 240 g/mol. The minimum absolute atomic E-state index is 0.578. The van der Waals surface area contributed by atoms with E-state index in [9.17, 15) is 4.79 Å². The second-order valence-electron chi connectivity index (χ2n) is 3.61. The fraction of sp³-hybridized carbons (Fsp3) is 0. The third-order valence-electron chi connectivity index (χ3n) is 2.63. The molecule has 0 saturated heterocycles. The molecule has 0 radical (unpaired) electrons. The summed E-state index contributed by atoms with van der Waals surface area (Å²) in [6.07, 6.45) is 2.43. The first-order valence-corrected chi connectivity index (χ1v) is 5.97. The summed E-state index contributed by atoms with van der Waals surface area (Å²) in [6, 6.07) is 9.68. The molecule has 0 spiro atoms. The lowest BCUT2D eigenvalue weighted by molar-refractivity contribution is 0.112. The van der Waals surface area contributed by atoms with Gasteiger partial charge < -0.3 is 0 Å². The smallest absolute Gasteiger partial charge is 0.152 e. The summed E-state index contributed by atoms with van der Waals surface area (Å²) in [5.74, 6) is 0. The van der Waals surface area contributed by atoms with Gasteiger partial charge in [0.05, 0.1) is 11.2 Å². The Morgan fingerprint density at radius 2 is 2.06 bits per heavy atom. The summed E-state index contributed by atoms with van der Waals surface area (Å²) in [7, 11) is 0. The van der Waals surface area contributed by atoms with Crippen molar-refractivity contribution in [1.29, 1.82) is 0 Å². The zero-order valence-corrected chi connectivity index (χ0v) is 9.65. The van der Waals surface area contributed by atoms with Crippen LogP contribution in [0.15, 0.2) is 41.9 Å². The lowest BCUT2D eigenvalue weighted by Gasteiger charge is -2.05. The Balaban J connectivity index is 2.43. The summed E-state index contributed by atoms with van der Waals surface area (Å²) in [4.78, 5) is 15.4. The lowest BCUT2D eigenvalue weighted by Crippen LogP contribution is -1.92. The molecule has 2 aromatic heterocycles. The van der Waals surface area contributed by atoms with Gasteiger partial charge in [-0.05, 0) is 23.7 Å². The Morgan fingerprint density at radius 3 is 2.82 bits per heavy atom. The molecule has 0 saturated carbocycles. The van der Waals surface area contributed by atoms with Gasteiger partial charge in [0.1, 0.15) is 0 Å². The average molecular weight is 240 g/mol. The van der Waals surface area contributed by atoms with E-state index in [1.807, 2.05) is 35.7 Å². The number of nitrogens with zero attached hydrogens (tertiary/aromatic N) is 2. The van der Waals surface area contributed by atoms with Crippen molar-refractivity contribution in [3.05, 3.63) is 47.5 Å². The maximum atomic E-state index is 11.1. The van der Waals surface area contributed by atoms with Gasteiger partial charge in [-0.1, -0.05) is 18.2 Å². The Hall–Kier alpha value is -2.07. The number of hydrogen-bond acceptors (Lipinski definition) is 4. The van der Waals surface area contributed by atoms with E-state index >= 15 is 0 Å². The summed E-state index contributed by atoms with van der Waals surface area (Å²) >= 11 is 1.38. The van der Waals surface area contributed by atoms with Crippen LogP contribution in [0.5, 0.6) is 0 Å². The van der Waals surface area contributed by atoms with Crippen molar-refractivity contribution >= 4 is 28.7 Å². The van der Waals surface area contributed by atoms with Crippen LogP contribution < -0.4 is 0 Å². The zero-order chi connectivity index (χ0) is 11.7. The number of carbonyl (C=O) groups excluding carboxylic acids is 1. The molecule has 0 fully saturated rings. The number of para-hydroxylation sites is 1. The van der Waals surface area contributed by atoms with E-state index in [2.05, 4.69) is 9.36 Å². The largest absolute Gasteiger partial charge is 0.298 e. The van der Waals surface area contributed by atoms with Crippen LogP contribution in [-0.2, 0) is 0 Å². The van der Waals surface area contributed by atoms with E-state index < -0.39 is 0 Å². The van der Waals surface area contributed by atoms with E-state index in [4.69, 9.17) is 0 Å². The van der Waals surface area contributed by atoms with Crippen molar-refractivity contribution in [2.45, 2.75) is 0 Å². The highest BCUT2D eigenvalue weighted by atomic mass is 32.1. The van der Waals surface area contributed by atoms with Gasteiger partial charge in [0.25, 0.3) is 0 Å². The third kappa shape index (κ3) is 1.62. The van der Waals surface area contributed by atoms with Crippen LogP contribution in [-0.4, -0.2) is 15.6 Å². The molecular formula is C13H8N2OS. The Morgan fingerprint density at radius 1 is 1.18 bits per heavy atom. The molecule has 0 N–H and O–H groups in total. The fourth-order valence-corrected chi connectivity index (χ4v) is 2.39. The number of benzene rings is 1. The number of aromatic nitrogens is 2. The van der Waals surface area contributed by atoms with Gasteiger partial charge in [0.15, 0.2) is 6.29 Å². The summed E-state index contributed by atoms with van der Waals surface area (Å²) in [5, 5.41) is 2.86. The van der Waals surface area contributed by atoms with Gasteiger partial charge in [0, 0.05) is 28.1 Å². The second-order valence-corrected chi connectivity index (χ2v) is 4.27. The average Bonchev–Trinajstić information content (AvgIpc) is 2.91. The van der Waals surface area contributed by atoms with Crippen molar-refractivity contribution in [3.8, 4) is 11.3 Å². The quantitative estimate of drug-likeness (QED) is 0.646. The topological polar surface area (TPSA) is 42.9 Å². The Kier molecular flexibility index (Phi) is 2.42. The van der Waals surface area contributed by atoms with Crippen molar-refractivity contribution < 1.29 is 4.79 Å². The van der Waals surface area contributed by atoms with Gasteiger partial charge in [-0.15, -0.1) is 0 Å². The Labute approximate surface area is 102 Å².